The predicted octanol–water partition coefficient (Wildman–Crippen LogP) is 1.85. The molecule has 0 saturated carbocycles. The van der Waals surface area contributed by atoms with E-state index in [-0.39, 0.29) is 0 Å². The highest BCUT2D eigenvalue weighted by Crippen LogP contribution is 2.31. The Hall–Kier alpha value is -2.06. The Morgan fingerprint density at radius 3 is 2.42 bits per heavy atom. The Morgan fingerprint density at radius 2 is 1.73 bits per heavy atom. The van der Waals surface area contributed by atoms with Crippen molar-refractivity contribution in [1.82, 2.24) is 19.3 Å². The maximum Gasteiger partial charge on any atom is 0.211 e. The third kappa shape index (κ3) is 3.43. The van der Waals surface area contributed by atoms with Crippen LogP contribution in [0.2, 0.25) is 0 Å². The standard InChI is InChI=1S/C18H23N5O2S/c1-26(24,25)23-12-7-16-15(13-23)18(22-10-3-2-4-11-22)21-17(20-16)14-5-8-19-9-6-14/h5-6,8-9H,2-4,7,10-13H2,1H3. The summed E-state index contributed by atoms with van der Waals surface area (Å²) in [5.41, 5.74) is 2.86. The zero-order valence-corrected chi connectivity index (χ0v) is 15.7. The first-order chi connectivity index (χ1) is 12.5. The lowest BCUT2D eigenvalue weighted by Gasteiger charge is -2.34. The molecule has 0 atom stereocenters. The zero-order valence-electron chi connectivity index (χ0n) is 14.9. The van der Waals surface area contributed by atoms with E-state index in [1.54, 1.807) is 12.4 Å². The molecule has 0 unspecified atom stereocenters. The van der Waals surface area contributed by atoms with E-state index in [2.05, 4.69) is 9.88 Å². The minimum absolute atomic E-state index is 0.358. The minimum Gasteiger partial charge on any atom is -0.356 e. The van der Waals surface area contributed by atoms with E-state index in [9.17, 15) is 8.42 Å². The number of pyridine rings is 1. The average molecular weight is 373 g/mol. The zero-order chi connectivity index (χ0) is 18.1. The number of hydrogen-bond acceptors (Lipinski definition) is 6. The van der Waals surface area contributed by atoms with Crippen molar-refractivity contribution in [3.63, 3.8) is 0 Å². The molecule has 0 aromatic carbocycles. The lowest BCUT2D eigenvalue weighted by molar-refractivity contribution is 0.390. The second kappa shape index (κ2) is 6.92. The van der Waals surface area contributed by atoms with Crippen LogP contribution >= 0.6 is 0 Å². The maximum atomic E-state index is 12.0. The van der Waals surface area contributed by atoms with Crippen molar-refractivity contribution in [2.24, 2.45) is 0 Å². The number of hydrogen-bond donors (Lipinski definition) is 0. The van der Waals surface area contributed by atoms with E-state index in [0.29, 0.717) is 25.3 Å². The molecule has 26 heavy (non-hydrogen) atoms. The number of aromatic nitrogens is 3. The van der Waals surface area contributed by atoms with Crippen molar-refractivity contribution < 1.29 is 8.42 Å². The molecule has 4 rings (SSSR count). The highest BCUT2D eigenvalue weighted by molar-refractivity contribution is 7.88. The molecule has 2 aromatic heterocycles. The predicted molar refractivity (Wildman–Crippen MR) is 100 cm³/mol. The lowest BCUT2D eigenvalue weighted by Crippen LogP contribution is -2.38. The van der Waals surface area contributed by atoms with Crippen LogP contribution in [0.1, 0.15) is 30.5 Å². The van der Waals surface area contributed by atoms with E-state index in [4.69, 9.17) is 9.97 Å². The largest absolute Gasteiger partial charge is 0.356 e. The van der Waals surface area contributed by atoms with Gasteiger partial charge in [0, 0.05) is 56.1 Å². The van der Waals surface area contributed by atoms with Gasteiger partial charge in [-0.2, -0.15) is 4.31 Å². The van der Waals surface area contributed by atoms with Crippen LogP contribution < -0.4 is 4.90 Å². The molecule has 0 radical (unpaired) electrons. The molecular weight excluding hydrogens is 350 g/mol. The molecule has 7 nitrogen and oxygen atoms in total. The van der Waals surface area contributed by atoms with Crippen LogP contribution in [0.5, 0.6) is 0 Å². The third-order valence-electron chi connectivity index (χ3n) is 5.07. The Labute approximate surface area is 154 Å². The van der Waals surface area contributed by atoms with Crippen molar-refractivity contribution in [3.8, 4) is 11.4 Å². The van der Waals surface area contributed by atoms with Crippen molar-refractivity contribution in [3.05, 3.63) is 35.8 Å². The molecule has 0 N–H and O–H groups in total. The van der Waals surface area contributed by atoms with Crippen LogP contribution in [0.15, 0.2) is 24.5 Å². The van der Waals surface area contributed by atoms with Crippen molar-refractivity contribution >= 4 is 15.8 Å². The summed E-state index contributed by atoms with van der Waals surface area (Å²) < 4.78 is 25.6. The summed E-state index contributed by atoms with van der Waals surface area (Å²) in [6.45, 7) is 2.74. The van der Waals surface area contributed by atoms with Crippen LogP contribution in [-0.2, 0) is 23.0 Å². The summed E-state index contributed by atoms with van der Waals surface area (Å²) in [7, 11) is -3.23. The van der Waals surface area contributed by atoms with E-state index in [1.807, 2.05) is 12.1 Å². The van der Waals surface area contributed by atoms with Crippen LogP contribution in [0.3, 0.4) is 0 Å². The molecular formula is C18H23N5O2S. The van der Waals surface area contributed by atoms with E-state index in [0.717, 1.165) is 48.6 Å². The van der Waals surface area contributed by atoms with Gasteiger partial charge in [0.1, 0.15) is 5.82 Å². The maximum absolute atomic E-state index is 12.0. The smallest absolute Gasteiger partial charge is 0.211 e. The topological polar surface area (TPSA) is 79.3 Å². The Bertz CT molecular complexity index is 895. The van der Waals surface area contributed by atoms with Crippen molar-refractivity contribution in [2.75, 3.05) is 30.8 Å². The van der Waals surface area contributed by atoms with Gasteiger partial charge in [-0.3, -0.25) is 4.98 Å². The first-order valence-electron chi connectivity index (χ1n) is 9.02. The summed E-state index contributed by atoms with van der Waals surface area (Å²) in [6, 6.07) is 3.82. The van der Waals surface area contributed by atoms with Gasteiger partial charge in [0.05, 0.1) is 11.9 Å². The summed E-state index contributed by atoms with van der Waals surface area (Å²) in [5.74, 6) is 1.59. The van der Waals surface area contributed by atoms with Gasteiger partial charge in [0.15, 0.2) is 5.82 Å². The molecule has 4 heterocycles. The Kier molecular flexibility index (Phi) is 4.62. The van der Waals surface area contributed by atoms with E-state index < -0.39 is 10.0 Å². The highest BCUT2D eigenvalue weighted by atomic mass is 32.2. The van der Waals surface area contributed by atoms with Gasteiger partial charge in [-0.25, -0.2) is 18.4 Å². The highest BCUT2D eigenvalue weighted by Gasteiger charge is 2.29. The van der Waals surface area contributed by atoms with Crippen LogP contribution in [-0.4, -0.2) is 53.6 Å². The molecule has 1 fully saturated rings. The fraction of sp³-hybridized carbons (Fsp3) is 0.500. The van der Waals surface area contributed by atoms with Crippen molar-refractivity contribution in [2.45, 2.75) is 32.2 Å². The fourth-order valence-corrected chi connectivity index (χ4v) is 4.44. The van der Waals surface area contributed by atoms with Gasteiger partial charge < -0.3 is 4.90 Å². The van der Waals surface area contributed by atoms with Crippen LogP contribution in [0.4, 0.5) is 5.82 Å². The second-order valence-electron chi connectivity index (χ2n) is 6.93. The molecule has 0 amide bonds. The van der Waals surface area contributed by atoms with Gasteiger partial charge in [0.25, 0.3) is 0 Å². The molecule has 2 aliphatic rings. The second-order valence-corrected chi connectivity index (χ2v) is 8.91. The number of anilines is 1. The number of rotatable bonds is 3. The molecule has 0 bridgehead atoms. The minimum atomic E-state index is -3.23. The molecule has 8 heteroatoms. The third-order valence-corrected chi connectivity index (χ3v) is 6.32. The summed E-state index contributed by atoms with van der Waals surface area (Å²) in [6.07, 6.45) is 8.87. The normalized spacial score (nSPS) is 18.6. The Morgan fingerprint density at radius 1 is 1.00 bits per heavy atom. The molecule has 2 aliphatic heterocycles. The van der Waals surface area contributed by atoms with Crippen LogP contribution in [0.25, 0.3) is 11.4 Å². The SMILES string of the molecule is CS(=O)(=O)N1CCc2nc(-c3ccncc3)nc(N3CCCCC3)c2C1. The average Bonchev–Trinajstić information content (AvgIpc) is 2.67. The summed E-state index contributed by atoms with van der Waals surface area (Å²) >= 11 is 0. The van der Waals surface area contributed by atoms with E-state index in [1.165, 1.54) is 17.0 Å². The monoisotopic (exact) mass is 373 g/mol. The van der Waals surface area contributed by atoms with Gasteiger partial charge >= 0.3 is 0 Å². The number of nitrogens with zero attached hydrogens (tertiary/aromatic N) is 5. The molecule has 0 aliphatic carbocycles. The van der Waals surface area contributed by atoms with Gasteiger partial charge in [-0.1, -0.05) is 0 Å². The first kappa shape index (κ1) is 17.4. The fourth-order valence-electron chi connectivity index (χ4n) is 3.65. The van der Waals surface area contributed by atoms with Crippen LogP contribution in [0, 0.1) is 0 Å². The Balaban J connectivity index is 1.80. The molecule has 1 saturated heterocycles. The van der Waals surface area contributed by atoms with Gasteiger partial charge in [0.2, 0.25) is 10.0 Å². The quantitative estimate of drug-likeness (QED) is 0.817. The van der Waals surface area contributed by atoms with Crippen molar-refractivity contribution in [1.29, 1.82) is 0 Å². The lowest BCUT2D eigenvalue weighted by atomic mass is 10.0. The van der Waals surface area contributed by atoms with Gasteiger partial charge in [-0.05, 0) is 31.4 Å². The molecule has 2 aromatic rings. The molecule has 138 valence electrons. The molecule has 0 spiro atoms. The summed E-state index contributed by atoms with van der Waals surface area (Å²) in [4.78, 5) is 16.0. The first-order valence-corrected chi connectivity index (χ1v) is 10.9. The number of sulfonamides is 1. The van der Waals surface area contributed by atoms with E-state index >= 15 is 0 Å². The number of fused-ring (bicyclic) bond motifs is 1. The number of piperidine rings is 1. The summed E-state index contributed by atoms with van der Waals surface area (Å²) in [5, 5.41) is 0. The van der Waals surface area contributed by atoms with Gasteiger partial charge in [-0.15, -0.1) is 0 Å².